The van der Waals surface area contributed by atoms with Crippen LogP contribution >= 0.6 is 0 Å². The van der Waals surface area contributed by atoms with E-state index in [1.807, 2.05) is 0 Å². The number of rotatable bonds is 3. The Balaban J connectivity index is 1.68. The molecule has 0 radical (unpaired) electrons. The quantitative estimate of drug-likeness (QED) is 0.881. The number of nitrogens with zero attached hydrogens (tertiary/aromatic N) is 1. The number of hydrogen-bond donors (Lipinski definition) is 2. The number of piperidine rings is 1. The summed E-state index contributed by atoms with van der Waals surface area (Å²) < 4.78 is 0. The predicted molar refractivity (Wildman–Crippen MR) is 108 cm³/mol. The Morgan fingerprint density at radius 3 is 1.96 bits per heavy atom. The highest BCUT2D eigenvalue weighted by atomic mass is 16.4. The smallest absolute Gasteiger partial charge is 0.321 e. The molecule has 1 atom stereocenters. The Kier molecular flexibility index (Phi) is 5.10. The highest BCUT2D eigenvalue weighted by Crippen LogP contribution is 2.38. The van der Waals surface area contributed by atoms with E-state index >= 15 is 0 Å². The van der Waals surface area contributed by atoms with Gasteiger partial charge in [0.2, 0.25) is 0 Å². The van der Waals surface area contributed by atoms with Gasteiger partial charge in [-0.3, -0.25) is 4.79 Å². The molecular formula is C23H26N2O2. The van der Waals surface area contributed by atoms with Crippen molar-refractivity contribution in [3.63, 3.8) is 0 Å². The van der Waals surface area contributed by atoms with E-state index in [1.165, 1.54) is 33.4 Å². The van der Waals surface area contributed by atoms with Crippen molar-refractivity contribution >= 4 is 11.5 Å². The van der Waals surface area contributed by atoms with Crippen LogP contribution in [0.2, 0.25) is 0 Å². The zero-order chi connectivity index (χ0) is 18.8. The summed E-state index contributed by atoms with van der Waals surface area (Å²) in [5.41, 5.74) is 14.2. The molecule has 0 unspecified atom stereocenters. The molecule has 2 aliphatic rings. The third-order valence-corrected chi connectivity index (χ3v) is 5.82. The molecule has 0 aromatic heterocycles. The lowest BCUT2D eigenvalue weighted by Gasteiger charge is -2.31. The number of carboxylic acids is 1. The molecule has 4 nitrogen and oxygen atoms in total. The molecule has 3 N–H and O–H groups in total. The lowest BCUT2D eigenvalue weighted by molar-refractivity contribution is -0.139. The first-order chi connectivity index (χ1) is 13.1. The van der Waals surface area contributed by atoms with Gasteiger partial charge in [-0.15, -0.1) is 0 Å². The van der Waals surface area contributed by atoms with Crippen LogP contribution in [-0.2, 0) is 17.6 Å². The monoisotopic (exact) mass is 362 g/mol. The highest BCUT2D eigenvalue weighted by molar-refractivity contribution is 5.86. The molecule has 27 heavy (non-hydrogen) atoms. The highest BCUT2D eigenvalue weighted by Gasteiger charge is 2.25. The Morgan fingerprint density at radius 1 is 0.926 bits per heavy atom. The van der Waals surface area contributed by atoms with Crippen LogP contribution < -0.4 is 5.73 Å². The number of nitrogens with two attached hydrogens (primary N) is 1. The van der Waals surface area contributed by atoms with Crippen molar-refractivity contribution in [1.82, 2.24) is 4.90 Å². The van der Waals surface area contributed by atoms with E-state index in [0.717, 1.165) is 38.8 Å². The number of hydrogen-bond acceptors (Lipinski definition) is 3. The van der Waals surface area contributed by atoms with Gasteiger partial charge in [0.15, 0.2) is 0 Å². The van der Waals surface area contributed by atoms with Crippen molar-refractivity contribution in [1.29, 1.82) is 0 Å². The zero-order valence-corrected chi connectivity index (χ0v) is 15.5. The maximum Gasteiger partial charge on any atom is 0.321 e. The van der Waals surface area contributed by atoms with Crippen LogP contribution in [0.4, 0.5) is 0 Å². The first kappa shape index (κ1) is 18.0. The third-order valence-electron chi connectivity index (χ3n) is 5.82. The fraction of sp³-hybridized carbons (Fsp3) is 0.348. The summed E-state index contributed by atoms with van der Waals surface area (Å²) in [6, 6.07) is 16.7. The second-order valence-electron chi connectivity index (χ2n) is 7.54. The zero-order valence-electron chi connectivity index (χ0n) is 15.5. The Bertz CT molecular complexity index is 828. The van der Waals surface area contributed by atoms with E-state index in [-0.39, 0.29) is 0 Å². The van der Waals surface area contributed by atoms with E-state index in [1.54, 1.807) is 0 Å². The molecular weight excluding hydrogens is 336 g/mol. The molecule has 0 amide bonds. The van der Waals surface area contributed by atoms with E-state index in [4.69, 9.17) is 10.8 Å². The van der Waals surface area contributed by atoms with Crippen LogP contribution in [0.3, 0.4) is 0 Å². The number of likely N-dealkylation sites (tertiary alicyclic amines) is 1. The van der Waals surface area contributed by atoms with Gasteiger partial charge < -0.3 is 15.7 Å². The average Bonchev–Trinajstić information content (AvgIpc) is 2.85. The molecule has 2 aromatic carbocycles. The topological polar surface area (TPSA) is 66.6 Å². The number of carbonyl (C=O) groups is 1. The van der Waals surface area contributed by atoms with Crippen LogP contribution in [0, 0.1) is 0 Å². The Labute approximate surface area is 160 Å². The molecule has 0 bridgehead atoms. The summed E-state index contributed by atoms with van der Waals surface area (Å²) in [5.74, 6) is -0.925. The van der Waals surface area contributed by atoms with E-state index < -0.39 is 12.0 Å². The Morgan fingerprint density at radius 2 is 1.44 bits per heavy atom. The van der Waals surface area contributed by atoms with Crippen molar-refractivity contribution < 1.29 is 9.90 Å². The standard InChI is InChI=1S/C23H26N2O2/c24-21(23(26)27)15-25-13-11-18(12-14-25)22-19-7-3-1-5-16(19)9-10-17-6-2-4-8-20(17)22/h1-8,21H,9-15,24H2,(H,26,27)/t21-/m0/s1. The van der Waals surface area contributed by atoms with E-state index in [2.05, 4.69) is 53.4 Å². The summed E-state index contributed by atoms with van der Waals surface area (Å²) >= 11 is 0. The fourth-order valence-corrected chi connectivity index (χ4v) is 4.37. The van der Waals surface area contributed by atoms with Gasteiger partial charge in [-0.2, -0.15) is 0 Å². The molecule has 1 heterocycles. The normalized spacial score (nSPS) is 18.4. The van der Waals surface area contributed by atoms with Gasteiger partial charge in [-0.05, 0) is 53.5 Å². The SMILES string of the molecule is N[C@@H](CN1CCC(=C2c3ccccc3CCc3ccccc32)CC1)C(=O)O. The maximum atomic E-state index is 11.0. The third kappa shape index (κ3) is 3.68. The lowest BCUT2D eigenvalue weighted by atomic mass is 9.86. The van der Waals surface area contributed by atoms with Crippen LogP contribution in [0.15, 0.2) is 54.1 Å². The molecule has 1 saturated heterocycles. The van der Waals surface area contributed by atoms with Crippen LogP contribution in [0.1, 0.15) is 35.1 Å². The van der Waals surface area contributed by atoms with Gasteiger partial charge >= 0.3 is 5.97 Å². The van der Waals surface area contributed by atoms with Gasteiger partial charge in [0.25, 0.3) is 0 Å². The minimum atomic E-state index is -0.925. The van der Waals surface area contributed by atoms with E-state index in [9.17, 15) is 4.79 Å². The minimum Gasteiger partial charge on any atom is -0.480 e. The molecule has 1 aliphatic carbocycles. The summed E-state index contributed by atoms with van der Waals surface area (Å²) in [6.45, 7) is 2.15. The van der Waals surface area contributed by atoms with Gasteiger partial charge in [0.1, 0.15) is 6.04 Å². The van der Waals surface area contributed by atoms with E-state index in [0.29, 0.717) is 6.54 Å². The molecule has 140 valence electrons. The van der Waals surface area contributed by atoms with Crippen molar-refractivity contribution in [3.8, 4) is 0 Å². The first-order valence-electron chi connectivity index (χ1n) is 9.73. The van der Waals surface area contributed by atoms with Crippen LogP contribution in [0.25, 0.3) is 5.57 Å². The van der Waals surface area contributed by atoms with Crippen LogP contribution in [-0.4, -0.2) is 41.7 Å². The molecule has 4 heteroatoms. The number of aryl methyl sites for hydroxylation is 2. The van der Waals surface area contributed by atoms with Crippen molar-refractivity contribution in [2.75, 3.05) is 19.6 Å². The van der Waals surface area contributed by atoms with Gasteiger partial charge in [0, 0.05) is 19.6 Å². The lowest BCUT2D eigenvalue weighted by Crippen LogP contribution is -2.44. The van der Waals surface area contributed by atoms with Crippen molar-refractivity contribution in [2.24, 2.45) is 5.73 Å². The first-order valence-corrected chi connectivity index (χ1v) is 9.73. The molecule has 1 aliphatic heterocycles. The second kappa shape index (κ2) is 7.67. The van der Waals surface area contributed by atoms with Crippen molar-refractivity contribution in [2.45, 2.75) is 31.7 Å². The summed E-state index contributed by atoms with van der Waals surface area (Å²) in [7, 11) is 0. The average molecular weight is 362 g/mol. The maximum absolute atomic E-state index is 11.0. The number of carboxylic acid groups (broad SMARTS) is 1. The minimum absolute atomic E-state index is 0.422. The predicted octanol–water partition coefficient (Wildman–Crippen LogP) is 3.09. The summed E-state index contributed by atoms with van der Waals surface area (Å²) in [6.07, 6.45) is 4.07. The fourth-order valence-electron chi connectivity index (χ4n) is 4.37. The molecule has 0 saturated carbocycles. The summed E-state index contributed by atoms with van der Waals surface area (Å²) in [4.78, 5) is 13.2. The number of fused-ring (bicyclic) bond motifs is 2. The number of aliphatic carboxylic acids is 1. The van der Waals surface area contributed by atoms with Crippen molar-refractivity contribution in [3.05, 3.63) is 76.4 Å². The molecule has 0 spiro atoms. The molecule has 1 fully saturated rings. The van der Waals surface area contributed by atoms with Gasteiger partial charge in [-0.25, -0.2) is 0 Å². The molecule has 4 rings (SSSR count). The Hall–Kier alpha value is -2.43. The van der Waals surface area contributed by atoms with Gasteiger partial charge in [-0.1, -0.05) is 54.1 Å². The molecule has 2 aromatic rings. The summed E-state index contributed by atoms with van der Waals surface area (Å²) in [5, 5.41) is 9.06. The van der Waals surface area contributed by atoms with Crippen LogP contribution in [0.5, 0.6) is 0 Å². The largest absolute Gasteiger partial charge is 0.480 e. The second-order valence-corrected chi connectivity index (χ2v) is 7.54. The number of benzene rings is 2. The van der Waals surface area contributed by atoms with Gasteiger partial charge in [0.05, 0.1) is 0 Å².